The number of phenolic OH excluding ortho intramolecular Hbond substituents is 1. The van der Waals surface area contributed by atoms with Crippen LogP contribution in [0.4, 0.5) is 0 Å². The van der Waals surface area contributed by atoms with E-state index >= 15 is 0 Å². The first-order valence-corrected chi connectivity index (χ1v) is 36.0. The number of aromatic hydroxyl groups is 1. The Morgan fingerprint density at radius 1 is 0.509 bits per heavy atom. The number of carboxylic acid groups (broad SMARTS) is 4. The summed E-state index contributed by atoms with van der Waals surface area (Å²) in [4.78, 5) is 221. The smallest absolute Gasteiger partial charge is 0.326 e. The van der Waals surface area contributed by atoms with Crippen LogP contribution in [-0.2, 0) is 89.6 Å². The Hall–Kier alpha value is -9.71. The van der Waals surface area contributed by atoms with Crippen molar-refractivity contribution in [3.63, 3.8) is 0 Å². The average molecular weight is 1540 g/mol. The molecule has 0 spiro atoms. The lowest BCUT2D eigenvalue weighted by Crippen LogP contribution is -2.62. The SMILES string of the molecule is CC[C@H](C)[C@H](NC(=O)[C@H](CS)NC(=O)[C@H](Cc1cnc[nH]1)NC(=O)[C@H](CC(=O)O)NC(=O)[C@H](Cc1ccc(O)cc1)NC(=O)[C@H](CO)NC(=O)[C@@H](NC(=O)[C@H](CCCCN)NC(=O)[C@@H](N)CCC(=O)O)C(C)C)C(=O)N[C@@H](CCSC)C(=O)N[C@@H](CO)C(=O)N[C@@H](CC(C)C)C(=O)N[C@@H](CC(=O)O)C(=O)O. The van der Waals surface area contributed by atoms with E-state index < -0.39 is 236 Å². The molecular formula is C65H102N16O23S2. The zero-order chi connectivity index (χ0) is 80.1. The van der Waals surface area contributed by atoms with Crippen LogP contribution in [0.25, 0.3) is 0 Å². The minimum absolute atomic E-state index is 0.00860. The number of unbranched alkanes of at least 4 members (excludes halogenated alkanes) is 1. The minimum atomic E-state index is -2.07. The lowest BCUT2D eigenvalue weighted by molar-refractivity contribution is -0.147. The Labute approximate surface area is 620 Å². The number of benzene rings is 1. The van der Waals surface area contributed by atoms with Crippen molar-refractivity contribution >= 4 is 119 Å². The molecule has 0 saturated carbocycles. The Kier molecular flexibility index (Phi) is 41.6. The van der Waals surface area contributed by atoms with E-state index in [0.29, 0.717) is 12.8 Å². The van der Waals surface area contributed by atoms with Gasteiger partial charge in [0.1, 0.15) is 78.3 Å². The standard InChI is InChI=1S/C65H102N16O23S2/c1-8-33(6)52(64(102)71-39(18-20-106-7)54(92)77-45(27-82)60(98)72-40(21-31(2)3)56(94)76-44(65(103)104)25-50(89)90)81-62(100)47(29-105)79-58(96)42(23-35-26-68-30-69-35)74-59(97)43(24-49(87)88)75-57(95)41(22-34-12-14-36(84)15-13-34)73-61(99)46(28-83)78-63(101)51(32(4)5)80-55(93)38(11-9-10-19-66)70-53(91)37(67)16-17-48(85)86/h12-15,26,30-33,37-47,51-52,82-84,105H,8-11,16-25,27-29,66-67H2,1-7H3,(H,68,69)(H,70,91)(H,71,102)(H,72,98)(H,73,99)(H,74,97)(H,75,95)(H,76,94)(H,77,92)(H,78,101)(H,79,96)(H,80,93)(H,81,100)(H,85,86)(H,87,88)(H,89,90)(H,103,104)/t33-,37-,38-,39-,40-,41-,42-,43-,44-,45-,46-,47-,51-,52-/m0/s1. The maximum absolute atomic E-state index is 14.5. The monoisotopic (exact) mass is 1540 g/mol. The maximum Gasteiger partial charge on any atom is 0.326 e. The third kappa shape index (κ3) is 33.2. The van der Waals surface area contributed by atoms with Gasteiger partial charge in [-0.2, -0.15) is 24.4 Å². The van der Waals surface area contributed by atoms with E-state index in [0.717, 1.165) is 0 Å². The fourth-order valence-corrected chi connectivity index (χ4v) is 10.8. The van der Waals surface area contributed by atoms with Gasteiger partial charge in [0.05, 0.1) is 38.4 Å². The van der Waals surface area contributed by atoms with Gasteiger partial charge in [-0.3, -0.25) is 71.9 Å². The molecular weight excluding hydrogens is 1440 g/mol. The number of aromatic nitrogens is 2. The Morgan fingerprint density at radius 2 is 0.943 bits per heavy atom. The molecule has 0 fully saturated rings. The number of aromatic amines is 1. The van der Waals surface area contributed by atoms with Gasteiger partial charge in [0.15, 0.2) is 0 Å². The number of thiol groups is 1. The number of aliphatic carboxylic acids is 4. The normalized spacial score (nSPS) is 15.2. The number of H-pyrrole nitrogens is 1. The molecule has 41 heteroatoms. The number of carbonyl (C=O) groups is 16. The van der Waals surface area contributed by atoms with Gasteiger partial charge in [-0.25, -0.2) is 9.78 Å². The highest BCUT2D eigenvalue weighted by molar-refractivity contribution is 7.98. The number of imidazole rings is 1. The minimum Gasteiger partial charge on any atom is -0.508 e. The number of hydrogen-bond donors (Lipinski definition) is 23. The fourth-order valence-electron chi connectivity index (χ4n) is 10.1. The molecule has 0 unspecified atom stereocenters. The summed E-state index contributed by atoms with van der Waals surface area (Å²) in [7, 11) is 0. The predicted octanol–water partition coefficient (Wildman–Crippen LogP) is -5.51. The number of nitrogens with two attached hydrogens (primary N) is 2. The number of hydrogen-bond acceptors (Lipinski definition) is 24. The van der Waals surface area contributed by atoms with Crippen LogP contribution in [0.2, 0.25) is 0 Å². The Morgan fingerprint density at radius 3 is 1.44 bits per heavy atom. The number of carboxylic acids is 4. The van der Waals surface area contributed by atoms with E-state index in [-0.39, 0.29) is 67.3 Å². The Balaban J connectivity index is 2.48. The van der Waals surface area contributed by atoms with Crippen LogP contribution < -0.4 is 75.3 Å². The van der Waals surface area contributed by atoms with Gasteiger partial charge in [-0.05, 0) is 92.5 Å². The van der Waals surface area contributed by atoms with Crippen molar-refractivity contribution in [3.05, 3.63) is 48.0 Å². The fraction of sp³-hybridized carbons (Fsp3) is 0.615. The lowest BCUT2D eigenvalue weighted by Gasteiger charge is -2.29. The van der Waals surface area contributed by atoms with Gasteiger partial charge in [-0.1, -0.05) is 60.1 Å². The Bertz CT molecular complexity index is 3300. The third-order valence-corrected chi connectivity index (χ3v) is 17.3. The second-order valence-corrected chi connectivity index (χ2v) is 27.0. The summed E-state index contributed by atoms with van der Waals surface area (Å²) >= 11 is 5.53. The van der Waals surface area contributed by atoms with Gasteiger partial charge >= 0.3 is 23.9 Å². The molecule has 0 radical (unpaired) electrons. The predicted molar refractivity (Wildman–Crippen MR) is 382 cm³/mol. The largest absolute Gasteiger partial charge is 0.508 e. The summed E-state index contributed by atoms with van der Waals surface area (Å²) in [5.74, 6) is -21.2. The van der Waals surface area contributed by atoms with E-state index in [2.05, 4.69) is 86.4 Å². The molecule has 592 valence electrons. The molecule has 0 aliphatic rings. The van der Waals surface area contributed by atoms with Gasteiger partial charge in [-0.15, -0.1) is 0 Å². The van der Waals surface area contributed by atoms with Crippen LogP contribution in [0, 0.1) is 17.8 Å². The third-order valence-electron chi connectivity index (χ3n) is 16.3. The van der Waals surface area contributed by atoms with Crippen LogP contribution in [0.3, 0.4) is 0 Å². The molecule has 39 nitrogen and oxygen atoms in total. The van der Waals surface area contributed by atoms with Crippen LogP contribution in [0.1, 0.15) is 117 Å². The summed E-state index contributed by atoms with van der Waals surface area (Å²) in [5, 5.41) is 97.3. The van der Waals surface area contributed by atoms with Crippen LogP contribution in [-0.4, -0.2) is 257 Å². The topological polar surface area (TPSA) is 640 Å². The van der Waals surface area contributed by atoms with Crippen molar-refractivity contribution in [2.24, 2.45) is 29.2 Å². The number of nitrogens with zero attached hydrogens (tertiary/aromatic N) is 1. The zero-order valence-electron chi connectivity index (χ0n) is 59.8. The van der Waals surface area contributed by atoms with E-state index in [4.69, 9.17) is 21.7 Å². The average Bonchev–Trinajstić information content (AvgIpc) is 1.26. The van der Waals surface area contributed by atoms with E-state index in [1.807, 2.05) is 0 Å². The first-order chi connectivity index (χ1) is 49.9. The molecule has 12 amide bonds. The van der Waals surface area contributed by atoms with Crippen molar-refractivity contribution in [2.75, 3.05) is 37.5 Å². The summed E-state index contributed by atoms with van der Waals surface area (Å²) in [6.07, 6.45) is 1.16. The number of aliphatic hydroxyl groups excluding tert-OH is 2. The summed E-state index contributed by atoms with van der Waals surface area (Å²) in [5.41, 5.74) is 12.0. The van der Waals surface area contributed by atoms with Crippen molar-refractivity contribution in [1.29, 1.82) is 0 Å². The highest BCUT2D eigenvalue weighted by Gasteiger charge is 2.39. The first-order valence-electron chi connectivity index (χ1n) is 34.0. The zero-order valence-corrected chi connectivity index (χ0v) is 61.6. The molecule has 0 aliphatic carbocycles. The van der Waals surface area contributed by atoms with Crippen LogP contribution in [0.5, 0.6) is 5.75 Å². The highest BCUT2D eigenvalue weighted by atomic mass is 32.2. The summed E-state index contributed by atoms with van der Waals surface area (Å²) < 4.78 is 0. The van der Waals surface area contributed by atoms with Gasteiger partial charge in [0.25, 0.3) is 0 Å². The number of rotatable bonds is 51. The molecule has 0 bridgehead atoms. The van der Waals surface area contributed by atoms with Crippen LogP contribution in [0.15, 0.2) is 36.8 Å². The van der Waals surface area contributed by atoms with Crippen LogP contribution >= 0.6 is 24.4 Å². The number of amides is 12. The number of phenols is 1. The van der Waals surface area contributed by atoms with Gasteiger partial charge in [0.2, 0.25) is 70.9 Å². The number of nitrogens with one attached hydrogen (secondary N) is 13. The molecule has 14 atom stereocenters. The molecule has 1 aromatic carbocycles. The lowest BCUT2D eigenvalue weighted by atomic mass is 9.97. The van der Waals surface area contributed by atoms with Crippen molar-refractivity contribution in [3.8, 4) is 5.75 Å². The first kappa shape index (κ1) is 92.4. The molecule has 0 aliphatic heterocycles. The second-order valence-electron chi connectivity index (χ2n) is 25.7. The van der Waals surface area contributed by atoms with E-state index in [1.165, 1.54) is 62.4 Å². The number of carbonyl (C=O) groups excluding carboxylic acids is 12. The molecule has 1 aromatic heterocycles. The van der Waals surface area contributed by atoms with E-state index in [9.17, 15) is 102 Å². The molecule has 24 N–H and O–H groups in total. The molecule has 2 aromatic rings. The van der Waals surface area contributed by atoms with Crippen molar-refractivity contribution in [2.45, 2.75) is 197 Å². The van der Waals surface area contributed by atoms with Gasteiger partial charge < -0.3 is 116 Å². The number of thioether (sulfide) groups is 1. The van der Waals surface area contributed by atoms with Crippen molar-refractivity contribution in [1.82, 2.24) is 73.8 Å². The quantitative estimate of drug-likeness (QED) is 0.0217. The highest BCUT2D eigenvalue weighted by Crippen LogP contribution is 2.16. The number of aliphatic hydroxyl groups is 2. The van der Waals surface area contributed by atoms with E-state index in [1.54, 1.807) is 34.0 Å². The molecule has 106 heavy (non-hydrogen) atoms. The summed E-state index contributed by atoms with van der Waals surface area (Å²) in [6, 6.07) is -16.1. The molecule has 0 saturated heterocycles. The molecule has 1 heterocycles. The van der Waals surface area contributed by atoms with Gasteiger partial charge in [0, 0.05) is 36.9 Å². The summed E-state index contributed by atoms with van der Waals surface area (Å²) in [6.45, 7) is 7.65. The van der Waals surface area contributed by atoms with Crippen molar-refractivity contribution < 1.29 is 112 Å². The second kappa shape index (κ2) is 47.7. The maximum atomic E-state index is 14.5. The molecule has 2 rings (SSSR count).